The molecule has 0 spiro atoms. The lowest BCUT2D eigenvalue weighted by Crippen LogP contribution is -2.29. The Morgan fingerprint density at radius 3 is 2.85 bits per heavy atom. The van der Waals surface area contributed by atoms with Gasteiger partial charge in [0, 0.05) is 11.9 Å². The van der Waals surface area contributed by atoms with Gasteiger partial charge in [0.1, 0.15) is 11.8 Å². The van der Waals surface area contributed by atoms with E-state index in [0.29, 0.717) is 18.7 Å². The highest BCUT2D eigenvalue weighted by molar-refractivity contribution is 6.08. The zero-order valence-electron chi connectivity index (χ0n) is 12.3. The molecule has 4 heteroatoms. The molecule has 20 heavy (non-hydrogen) atoms. The summed E-state index contributed by atoms with van der Waals surface area (Å²) in [6, 6.07) is 7.59. The average Bonchev–Trinajstić information content (AvgIpc) is 2.82. The van der Waals surface area contributed by atoms with Crippen molar-refractivity contribution >= 4 is 16.8 Å². The Morgan fingerprint density at radius 1 is 1.35 bits per heavy atom. The number of furan rings is 1. The van der Waals surface area contributed by atoms with Crippen LogP contribution in [0.4, 0.5) is 0 Å². The first-order valence-corrected chi connectivity index (χ1v) is 6.87. The Morgan fingerprint density at radius 2 is 2.10 bits per heavy atom. The second kappa shape index (κ2) is 6.68. The molecule has 0 aliphatic rings. The van der Waals surface area contributed by atoms with E-state index in [1.54, 1.807) is 6.26 Å². The Kier molecular flexibility index (Phi) is 4.93. The van der Waals surface area contributed by atoms with Gasteiger partial charge in [-0.15, -0.1) is 0 Å². The molecular formula is C16H21NO3. The lowest BCUT2D eigenvalue weighted by molar-refractivity contribution is 0.0620. The number of benzene rings is 1. The minimum Gasteiger partial charge on any atom is -0.464 e. The number of likely N-dealkylation sites (N-methyl/N-ethyl adjacent to an activating group) is 1. The normalized spacial score (nSPS) is 11.7. The van der Waals surface area contributed by atoms with Crippen molar-refractivity contribution in [3.63, 3.8) is 0 Å². The van der Waals surface area contributed by atoms with E-state index >= 15 is 0 Å². The predicted molar refractivity (Wildman–Crippen MR) is 79.1 cm³/mol. The molecule has 0 N–H and O–H groups in total. The number of hydrogen-bond acceptors (Lipinski definition) is 4. The number of rotatable bonds is 7. The van der Waals surface area contributed by atoms with Crippen LogP contribution < -0.4 is 0 Å². The van der Waals surface area contributed by atoms with Gasteiger partial charge in [0.15, 0.2) is 5.78 Å². The molecular weight excluding hydrogens is 254 g/mol. The molecule has 0 fully saturated rings. The topological polar surface area (TPSA) is 42.7 Å². The first-order valence-electron chi connectivity index (χ1n) is 6.87. The zero-order valence-corrected chi connectivity index (χ0v) is 12.3. The molecule has 0 saturated carbocycles. The summed E-state index contributed by atoms with van der Waals surface area (Å²) in [5.41, 5.74) is 1.40. The van der Waals surface area contributed by atoms with Crippen LogP contribution in [-0.2, 0) is 4.74 Å². The van der Waals surface area contributed by atoms with Crippen molar-refractivity contribution in [2.75, 3.05) is 26.7 Å². The zero-order chi connectivity index (χ0) is 14.5. The molecule has 108 valence electrons. The lowest BCUT2D eigenvalue weighted by Gasteiger charge is -2.16. The Balaban J connectivity index is 1.94. The maximum Gasteiger partial charge on any atom is 0.180 e. The van der Waals surface area contributed by atoms with Gasteiger partial charge in [-0.2, -0.15) is 0 Å². The molecule has 0 saturated heterocycles. The van der Waals surface area contributed by atoms with Crippen molar-refractivity contribution < 1.29 is 13.9 Å². The number of carbonyl (C=O) groups excluding carboxylic acids is 1. The van der Waals surface area contributed by atoms with E-state index in [-0.39, 0.29) is 11.9 Å². The van der Waals surface area contributed by atoms with Gasteiger partial charge in [0.05, 0.1) is 24.8 Å². The first-order chi connectivity index (χ1) is 9.58. The summed E-state index contributed by atoms with van der Waals surface area (Å²) in [6.45, 7) is 5.74. The second-order valence-electron chi connectivity index (χ2n) is 5.23. The average molecular weight is 275 g/mol. The minimum absolute atomic E-state index is 0.0713. The highest BCUT2D eigenvalue weighted by Gasteiger charge is 2.15. The summed E-state index contributed by atoms with van der Waals surface area (Å²) in [7, 11) is 1.92. The van der Waals surface area contributed by atoms with E-state index < -0.39 is 0 Å². The van der Waals surface area contributed by atoms with E-state index in [2.05, 4.69) is 0 Å². The van der Waals surface area contributed by atoms with E-state index in [4.69, 9.17) is 9.15 Å². The first kappa shape index (κ1) is 14.8. The number of hydrogen-bond donors (Lipinski definition) is 0. The molecule has 2 rings (SSSR count). The summed E-state index contributed by atoms with van der Waals surface area (Å²) in [4.78, 5) is 14.2. The van der Waals surface area contributed by atoms with Crippen molar-refractivity contribution in [1.82, 2.24) is 4.90 Å². The number of ketones is 1. The number of Topliss-reactive ketones (excluding diaryl/α,β-unsaturated/α-hetero) is 1. The van der Waals surface area contributed by atoms with Crippen LogP contribution in [0.2, 0.25) is 0 Å². The third-order valence-electron chi connectivity index (χ3n) is 3.12. The van der Waals surface area contributed by atoms with E-state index in [0.717, 1.165) is 17.5 Å². The van der Waals surface area contributed by atoms with Crippen molar-refractivity contribution in [2.45, 2.75) is 20.0 Å². The molecule has 1 heterocycles. The standard InChI is InChI=1S/C16H21NO3/c1-12(2)19-9-8-17(3)10-15(18)14-11-20-16-7-5-4-6-13(14)16/h4-7,11-12H,8-10H2,1-3H3. The molecule has 2 aromatic rings. The van der Waals surface area contributed by atoms with Gasteiger partial charge in [-0.1, -0.05) is 18.2 Å². The van der Waals surface area contributed by atoms with Crippen LogP contribution in [0.3, 0.4) is 0 Å². The summed E-state index contributed by atoms with van der Waals surface area (Å²) in [6.07, 6.45) is 1.77. The van der Waals surface area contributed by atoms with Crippen LogP contribution in [0, 0.1) is 0 Å². The van der Waals surface area contributed by atoms with Crippen LogP contribution in [0.15, 0.2) is 34.9 Å². The number of para-hydroxylation sites is 1. The van der Waals surface area contributed by atoms with Gasteiger partial charge in [0.2, 0.25) is 0 Å². The van der Waals surface area contributed by atoms with Crippen LogP contribution in [0.5, 0.6) is 0 Å². The van der Waals surface area contributed by atoms with Gasteiger partial charge in [-0.25, -0.2) is 0 Å². The van der Waals surface area contributed by atoms with E-state index in [9.17, 15) is 4.79 Å². The molecule has 0 atom stereocenters. The quantitative estimate of drug-likeness (QED) is 0.729. The summed E-state index contributed by atoms with van der Waals surface area (Å²) >= 11 is 0. The van der Waals surface area contributed by atoms with Crippen molar-refractivity contribution in [3.05, 3.63) is 36.1 Å². The van der Waals surface area contributed by atoms with Crippen molar-refractivity contribution in [3.8, 4) is 0 Å². The third-order valence-corrected chi connectivity index (χ3v) is 3.12. The highest BCUT2D eigenvalue weighted by atomic mass is 16.5. The fourth-order valence-corrected chi connectivity index (χ4v) is 2.05. The molecule has 0 amide bonds. The smallest absolute Gasteiger partial charge is 0.180 e. The molecule has 1 aromatic carbocycles. The summed E-state index contributed by atoms with van der Waals surface area (Å²) in [5, 5.41) is 0.879. The number of ether oxygens (including phenoxy) is 1. The summed E-state index contributed by atoms with van der Waals surface area (Å²) in [5.74, 6) is 0.0713. The van der Waals surface area contributed by atoms with Crippen LogP contribution >= 0.6 is 0 Å². The Labute approximate surface area is 119 Å². The second-order valence-corrected chi connectivity index (χ2v) is 5.23. The van der Waals surface area contributed by atoms with Crippen LogP contribution in [-0.4, -0.2) is 43.5 Å². The molecule has 1 aromatic heterocycles. The monoisotopic (exact) mass is 275 g/mol. The summed E-state index contributed by atoms with van der Waals surface area (Å²) < 4.78 is 10.9. The van der Waals surface area contributed by atoms with Crippen molar-refractivity contribution in [1.29, 1.82) is 0 Å². The highest BCUT2D eigenvalue weighted by Crippen LogP contribution is 2.21. The number of carbonyl (C=O) groups is 1. The fraction of sp³-hybridized carbons (Fsp3) is 0.438. The van der Waals surface area contributed by atoms with Crippen LogP contribution in [0.1, 0.15) is 24.2 Å². The van der Waals surface area contributed by atoms with E-state index in [1.807, 2.05) is 50.1 Å². The molecule has 0 unspecified atom stereocenters. The molecule has 0 aliphatic carbocycles. The SMILES string of the molecule is CC(C)OCCN(C)CC(=O)c1coc2ccccc12. The number of fused-ring (bicyclic) bond motifs is 1. The number of nitrogens with zero attached hydrogens (tertiary/aromatic N) is 1. The van der Waals surface area contributed by atoms with Gasteiger partial charge < -0.3 is 9.15 Å². The third kappa shape index (κ3) is 3.68. The van der Waals surface area contributed by atoms with Gasteiger partial charge in [0.25, 0.3) is 0 Å². The predicted octanol–water partition coefficient (Wildman–Crippen LogP) is 2.97. The maximum absolute atomic E-state index is 12.3. The van der Waals surface area contributed by atoms with E-state index in [1.165, 1.54) is 0 Å². The lowest BCUT2D eigenvalue weighted by atomic mass is 10.1. The maximum atomic E-state index is 12.3. The molecule has 0 radical (unpaired) electrons. The molecule has 0 bridgehead atoms. The molecule has 0 aliphatic heterocycles. The van der Waals surface area contributed by atoms with Gasteiger partial charge in [-0.05, 0) is 27.0 Å². The van der Waals surface area contributed by atoms with Crippen LogP contribution in [0.25, 0.3) is 11.0 Å². The van der Waals surface area contributed by atoms with Gasteiger partial charge in [-0.3, -0.25) is 9.69 Å². The van der Waals surface area contributed by atoms with Gasteiger partial charge >= 0.3 is 0 Å². The minimum atomic E-state index is 0.0713. The Bertz CT molecular complexity index is 574. The Hall–Kier alpha value is -1.65. The van der Waals surface area contributed by atoms with Crippen molar-refractivity contribution in [2.24, 2.45) is 0 Å². The molecule has 4 nitrogen and oxygen atoms in total. The fourth-order valence-electron chi connectivity index (χ4n) is 2.05. The largest absolute Gasteiger partial charge is 0.464 e.